The monoisotopic (exact) mass is 244 g/mol. The number of hydrogen-bond acceptors (Lipinski definition) is 1. The van der Waals surface area contributed by atoms with E-state index in [2.05, 4.69) is 25.8 Å². The Labute approximate surface area is 108 Å². The van der Waals surface area contributed by atoms with Crippen molar-refractivity contribution in [3.8, 4) is 0 Å². The maximum Gasteiger partial charge on any atom is 0.255 e. The molecule has 2 rings (SSSR count). The fraction of sp³-hybridized carbons (Fsp3) is 0.400. The van der Waals surface area contributed by atoms with Crippen LogP contribution in [0.2, 0.25) is 0 Å². The standard InChI is InChI=1S/C15H20N2O/c1-10(2)11(3)17(4)15(18)13-7-5-6-12-8-9-16-14(12)13/h5-11,16H,1-4H3. The number of para-hydroxylation sites is 1. The first-order chi connectivity index (χ1) is 8.52. The van der Waals surface area contributed by atoms with Crippen LogP contribution in [-0.2, 0) is 0 Å². The van der Waals surface area contributed by atoms with Crippen LogP contribution in [0.25, 0.3) is 10.9 Å². The maximum atomic E-state index is 12.5. The molecule has 0 radical (unpaired) electrons. The van der Waals surface area contributed by atoms with Crippen LogP contribution in [0.15, 0.2) is 30.5 Å². The highest BCUT2D eigenvalue weighted by Gasteiger charge is 2.21. The van der Waals surface area contributed by atoms with Crippen LogP contribution in [0, 0.1) is 5.92 Å². The topological polar surface area (TPSA) is 36.1 Å². The molecular weight excluding hydrogens is 224 g/mol. The molecule has 0 saturated heterocycles. The molecule has 1 heterocycles. The lowest BCUT2D eigenvalue weighted by Gasteiger charge is -2.28. The molecule has 1 atom stereocenters. The van der Waals surface area contributed by atoms with Gasteiger partial charge in [-0.05, 0) is 25.0 Å². The molecular formula is C15H20N2O. The second-order valence-electron chi connectivity index (χ2n) is 5.15. The molecule has 3 nitrogen and oxygen atoms in total. The van der Waals surface area contributed by atoms with Crippen molar-refractivity contribution in [2.45, 2.75) is 26.8 Å². The summed E-state index contributed by atoms with van der Waals surface area (Å²) < 4.78 is 0. The van der Waals surface area contributed by atoms with E-state index in [0.717, 1.165) is 16.5 Å². The molecule has 1 aromatic heterocycles. The fourth-order valence-electron chi connectivity index (χ4n) is 2.09. The highest BCUT2D eigenvalue weighted by molar-refractivity contribution is 6.05. The van der Waals surface area contributed by atoms with Crippen LogP contribution in [0.3, 0.4) is 0 Å². The van der Waals surface area contributed by atoms with Crippen LogP contribution in [0.4, 0.5) is 0 Å². The molecule has 0 aliphatic carbocycles. The van der Waals surface area contributed by atoms with Gasteiger partial charge in [-0.3, -0.25) is 4.79 Å². The Kier molecular flexibility index (Phi) is 3.41. The van der Waals surface area contributed by atoms with E-state index in [1.165, 1.54) is 0 Å². The number of H-pyrrole nitrogens is 1. The molecule has 0 saturated carbocycles. The summed E-state index contributed by atoms with van der Waals surface area (Å²) in [4.78, 5) is 17.5. The van der Waals surface area contributed by atoms with Gasteiger partial charge in [-0.1, -0.05) is 26.0 Å². The largest absolute Gasteiger partial charge is 0.361 e. The zero-order valence-corrected chi connectivity index (χ0v) is 11.4. The van der Waals surface area contributed by atoms with Gasteiger partial charge in [0, 0.05) is 24.7 Å². The van der Waals surface area contributed by atoms with Crippen LogP contribution in [0.5, 0.6) is 0 Å². The number of aromatic amines is 1. The predicted octanol–water partition coefficient (Wildman–Crippen LogP) is 3.28. The minimum atomic E-state index is 0.0734. The highest BCUT2D eigenvalue weighted by atomic mass is 16.2. The summed E-state index contributed by atoms with van der Waals surface area (Å²) >= 11 is 0. The lowest BCUT2D eigenvalue weighted by molar-refractivity contribution is 0.0709. The van der Waals surface area contributed by atoms with Crippen molar-refractivity contribution < 1.29 is 4.79 Å². The Bertz CT molecular complexity index is 556. The third-order valence-corrected chi connectivity index (χ3v) is 3.71. The van der Waals surface area contributed by atoms with E-state index in [-0.39, 0.29) is 11.9 Å². The van der Waals surface area contributed by atoms with Gasteiger partial charge in [0.25, 0.3) is 5.91 Å². The molecule has 1 aromatic carbocycles. The normalized spacial score (nSPS) is 12.9. The minimum Gasteiger partial charge on any atom is -0.361 e. The van der Waals surface area contributed by atoms with Crippen molar-refractivity contribution >= 4 is 16.8 Å². The molecule has 96 valence electrons. The van der Waals surface area contributed by atoms with E-state index >= 15 is 0 Å². The van der Waals surface area contributed by atoms with E-state index in [4.69, 9.17) is 0 Å². The number of rotatable bonds is 3. The van der Waals surface area contributed by atoms with Gasteiger partial charge >= 0.3 is 0 Å². The number of nitrogens with one attached hydrogen (secondary N) is 1. The number of aromatic nitrogens is 1. The first-order valence-corrected chi connectivity index (χ1v) is 6.35. The van der Waals surface area contributed by atoms with Gasteiger partial charge in [-0.2, -0.15) is 0 Å². The number of carbonyl (C=O) groups is 1. The third kappa shape index (κ3) is 2.13. The number of carbonyl (C=O) groups excluding carboxylic acids is 1. The van der Waals surface area contributed by atoms with Gasteiger partial charge in [0.05, 0.1) is 11.1 Å². The van der Waals surface area contributed by atoms with Gasteiger partial charge in [-0.25, -0.2) is 0 Å². The van der Waals surface area contributed by atoms with Crippen LogP contribution < -0.4 is 0 Å². The average molecular weight is 244 g/mol. The molecule has 0 bridgehead atoms. The number of fused-ring (bicyclic) bond motifs is 1. The molecule has 0 fully saturated rings. The molecule has 1 unspecified atom stereocenters. The number of benzene rings is 1. The van der Waals surface area contributed by atoms with Gasteiger partial charge in [0.1, 0.15) is 0 Å². The highest BCUT2D eigenvalue weighted by Crippen LogP contribution is 2.20. The van der Waals surface area contributed by atoms with Gasteiger partial charge in [0.2, 0.25) is 0 Å². The molecule has 3 heteroatoms. The van der Waals surface area contributed by atoms with E-state index in [1.807, 2.05) is 42.4 Å². The summed E-state index contributed by atoms with van der Waals surface area (Å²) in [7, 11) is 1.87. The van der Waals surface area contributed by atoms with Crippen molar-refractivity contribution in [3.05, 3.63) is 36.0 Å². The Morgan fingerprint density at radius 1 is 1.22 bits per heavy atom. The minimum absolute atomic E-state index is 0.0734. The van der Waals surface area contributed by atoms with Gasteiger partial charge in [-0.15, -0.1) is 0 Å². The Hall–Kier alpha value is -1.77. The second kappa shape index (κ2) is 4.84. The molecule has 2 aromatic rings. The SMILES string of the molecule is CC(C)C(C)N(C)C(=O)c1cccc2cc[nH]c12. The second-order valence-corrected chi connectivity index (χ2v) is 5.15. The summed E-state index contributed by atoms with van der Waals surface area (Å²) in [6, 6.07) is 8.02. The molecule has 0 spiro atoms. The molecule has 0 aliphatic rings. The zero-order chi connectivity index (χ0) is 13.3. The van der Waals surface area contributed by atoms with Crippen molar-refractivity contribution in [1.29, 1.82) is 0 Å². The smallest absolute Gasteiger partial charge is 0.255 e. The van der Waals surface area contributed by atoms with Crippen molar-refractivity contribution in [2.24, 2.45) is 5.92 Å². The van der Waals surface area contributed by atoms with Crippen molar-refractivity contribution in [1.82, 2.24) is 9.88 Å². The van der Waals surface area contributed by atoms with Crippen LogP contribution >= 0.6 is 0 Å². The number of nitrogens with zero attached hydrogens (tertiary/aromatic N) is 1. The quantitative estimate of drug-likeness (QED) is 0.883. The molecule has 1 amide bonds. The summed E-state index contributed by atoms with van der Waals surface area (Å²) in [5.74, 6) is 0.519. The Balaban J connectivity index is 2.36. The van der Waals surface area contributed by atoms with E-state index in [1.54, 1.807) is 0 Å². The van der Waals surface area contributed by atoms with Gasteiger partial charge in [0.15, 0.2) is 0 Å². The summed E-state index contributed by atoms with van der Waals surface area (Å²) in [6.07, 6.45) is 1.87. The van der Waals surface area contributed by atoms with Crippen molar-refractivity contribution in [3.63, 3.8) is 0 Å². The zero-order valence-electron chi connectivity index (χ0n) is 11.4. The van der Waals surface area contributed by atoms with E-state index in [9.17, 15) is 4.79 Å². The van der Waals surface area contributed by atoms with Crippen molar-refractivity contribution in [2.75, 3.05) is 7.05 Å². The first-order valence-electron chi connectivity index (χ1n) is 6.35. The number of amides is 1. The summed E-state index contributed by atoms with van der Waals surface area (Å²) in [5.41, 5.74) is 1.66. The Morgan fingerprint density at radius 2 is 1.94 bits per heavy atom. The lowest BCUT2D eigenvalue weighted by Crippen LogP contribution is -2.38. The van der Waals surface area contributed by atoms with E-state index in [0.29, 0.717) is 5.92 Å². The summed E-state index contributed by atoms with van der Waals surface area (Å²) in [6.45, 7) is 6.34. The van der Waals surface area contributed by atoms with Crippen LogP contribution in [0.1, 0.15) is 31.1 Å². The van der Waals surface area contributed by atoms with E-state index < -0.39 is 0 Å². The lowest BCUT2D eigenvalue weighted by atomic mass is 10.0. The van der Waals surface area contributed by atoms with Crippen LogP contribution in [-0.4, -0.2) is 28.9 Å². The third-order valence-electron chi connectivity index (χ3n) is 3.71. The summed E-state index contributed by atoms with van der Waals surface area (Å²) in [5, 5.41) is 1.08. The average Bonchev–Trinajstić information content (AvgIpc) is 2.83. The fourth-order valence-corrected chi connectivity index (χ4v) is 2.09. The Morgan fingerprint density at radius 3 is 2.61 bits per heavy atom. The number of hydrogen-bond donors (Lipinski definition) is 1. The predicted molar refractivity (Wildman–Crippen MR) is 74.7 cm³/mol. The van der Waals surface area contributed by atoms with Gasteiger partial charge < -0.3 is 9.88 Å². The molecule has 0 aliphatic heterocycles. The molecule has 18 heavy (non-hydrogen) atoms. The molecule has 1 N–H and O–H groups in total. The maximum absolute atomic E-state index is 12.5. The first kappa shape index (κ1) is 12.7.